The summed E-state index contributed by atoms with van der Waals surface area (Å²) in [7, 11) is 1.71. The molecule has 0 heterocycles. The van der Waals surface area contributed by atoms with E-state index in [-0.39, 0.29) is 0 Å². The van der Waals surface area contributed by atoms with Crippen molar-refractivity contribution in [1.82, 2.24) is 0 Å². The fraction of sp³-hybridized carbons (Fsp3) is 0.462. The molecule has 144 valence electrons. The van der Waals surface area contributed by atoms with Crippen molar-refractivity contribution in [2.45, 2.75) is 58.8 Å². The van der Waals surface area contributed by atoms with E-state index in [1.165, 1.54) is 67.2 Å². The van der Waals surface area contributed by atoms with Crippen LogP contribution in [0, 0.1) is 11.8 Å². The molecule has 0 aromatic heterocycles. The minimum atomic E-state index is 0.896. The number of hydrogen-bond acceptors (Lipinski definition) is 1. The lowest BCUT2D eigenvalue weighted by molar-refractivity contribution is 0.361. The first kappa shape index (κ1) is 19.7. The third kappa shape index (κ3) is 5.25. The predicted octanol–water partition coefficient (Wildman–Crippen LogP) is 7.76. The van der Waals surface area contributed by atoms with Crippen LogP contribution in [0.25, 0.3) is 16.7 Å². The van der Waals surface area contributed by atoms with Crippen LogP contribution < -0.4 is 4.74 Å². The molecule has 1 unspecified atom stereocenters. The summed E-state index contributed by atoms with van der Waals surface area (Å²) in [5, 5.41) is 0. The molecular weight excluding hydrogens is 328 g/mol. The molecule has 0 saturated heterocycles. The summed E-state index contributed by atoms with van der Waals surface area (Å²) < 4.78 is 5.25. The minimum Gasteiger partial charge on any atom is -0.497 e. The van der Waals surface area contributed by atoms with Gasteiger partial charge in [-0.25, -0.2) is 0 Å². The molecule has 3 rings (SSSR count). The Hall–Kier alpha value is -2.02. The normalized spacial score (nSPS) is 17.0. The maximum Gasteiger partial charge on any atom is 0.118 e. The van der Waals surface area contributed by atoms with Crippen molar-refractivity contribution >= 4 is 5.57 Å². The molecule has 0 bridgehead atoms. The van der Waals surface area contributed by atoms with Crippen molar-refractivity contribution in [3.05, 3.63) is 60.2 Å². The van der Waals surface area contributed by atoms with E-state index in [9.17, 15) is 0 Å². The van der Waals surface area contributed by atoms with E-state index in [1.807, 2.05) is 12.1 Å². The first-order valence-electron chi connectivity index (χ1n) is 10.7. The summed E-state index contributed by atoms with van der Waals surface area (Å²) in [5.41, 5.74) is 5.43. The average molecular weight is 363 g/mol. The Morgan fingerprint density at radius 1 is 0.889 bits per heavy atom. The first-order chi connectivity index (χ1) is 13.2. The van der Waals surface area contributed by atoms with Gasteiger partial charge >= 0.3 is 0 Å². The molecule has 1 atom stereocenters. The molecule has 0 aliphatic heterocycles. The molecule has 1 aliphatic rings. The Labute approximate surface area is 165 Å². The molecular formula is C26H34O. The summed E-state index contributed by atoms with van der Waals surface area (Å²) in [4.78, 5) is 0. The van der Waals surface area contributed by atoms with Gasteiger partial charge in [0.25, 0.3) is 0 Å². The molecule has 27 heavy (non-hydrogen) atoms. The number of hydrogen-bond donors (Lipinski definition) is 0. The number of benzene rings is 2. The van der Waals surface area contributed by atoms with Crippen molar-refractivity contribution < 1.29 is 4.74 Å². The summed E-state index contributed by atoms with van der Waals surface area (Å²) in [6.45, 7) is 4.67. The molecule has 0 spiro atoms. The third-order valence-corrected chi connectivity index (χ3v) is 6.34. The maximum atomic E-state index is 5.25. The van der Waals surface area contributed by atoms with E-state index >= 15 is 0 Å². The number of rotatable bonds is 8. The summed E-state index contributed by atoms with van der Waals surface area (Å²) in [6.07, 6.45) is 11.8. The fourth-order valence-electron chi connectivity index (χ4n) is 4.24. The highest BCUT2D eigenvalue weighted by Gasteiger charge is 2.16. The van der Waals surface area contributed by atoms with Gasteiger partial charge in [-0.3, -0.25) is 0 Å². The van der Waals surface area contributed by atoms with Crippen molar-refractivity contribution in [2.75, 3.05) is 7.11 Å². The molecule has 1 heteroatoms. The lowest BCUT2D eigenvalue weighted by Crippen LogP contribution is -2.08. The third-order valence-electron chi connectivity index (χ3n) is 6.34. The molecule has 1 aliphatic carbocycles. The van der Waals surface area contributed by atoms with Crippen LogP contribution in [-0.2, 0) is 0 Å². The van der Waals surface area contributed by atoms with E-state index < -0.39 is 0 Å². The maximum absolute atomic E-state index is 5.25. The smallest absolute Gasteiger partial charge is 0.118 e. The fourth-order valence-corrected chi connectivity index (χ4v) is 4.24. The van der Waals surface area contributed by atoms with E-state index in [4.69, 9.17) is 4.74 Å². The summed E-state index contributed by atoms with van der Waals surface area (Å²) in [5.74, 6) is 2.73. The summed E-state index contributed by atoms with van der Waals surface area (Å²) in [6, 6.07) is 17.4. The quantitative estimate of drug-likeness (QED) is 0.466. The predicted molar refractivity (Wildman–Crippen MR) is 117 cm³/mol. The molecule has 0 saturated carbocycles. The minimum absolute atomic E-state index is 0.896. The molecule has 2 aromatic rings. The van der Waals surface area contributed by atoms with Gasteiger partial charge in [0.1, 0.15) is 5.75 Å². The molecule has 0 fully saturated rings. The van der Waals surface area contributed by atoms with Gasteiger partial charge in [-0.15, -0.1) is 0 Å². The van der Waals surface area contributed by atoms with Crippen LogP contribution in [0.15, 0.2) is 54.6 Å². The Bertz CT molecular complexity index is 720. The van der Waals surface area contributed by atoms with Gasteiger partial charge < -0.3 is 4.74 Å². The van der Waals surface area contributed by atoms with Crippen molar-refractivity contribution in [3.63, 3.8) is 0 Å². The Balaban J connectivity index is 1.59. The largest absolute Gasteiger partial charge is 0.497 e. The lowest BCUT2D eigenvalue weighted by atomic mass is 9.82. The van der Waals surface area contributed by atoms with Gasteiger partial charge in [0.15, 0.2) is 0 Å². The van der Waals surface area contributed by atoms with Gasteiger partial charge in [0, 0.05) is 0 Å². The van der Waals surface area contributed by atoms with Crippen LogP contribution in [0.4, 0.5) is 0 Å². The molecule has 0 amide bonds. The monoisotopic (exact) mass is 362 g/mol. The van der Waals surface area contributed by atoms with Crippen LogP contribution in [0.5, 0.6) is 5.75 Å². The number of ether oxygens (including phenoxy) is 1. The van der Waals surface area contributed by atoms with Gasteiger partial charge in [-0.1, -0.05) is 75.6 Å². The van der Waals surface area contributed by atoms with Crippen molar-refractivity contribution in [1.29, 1.82) is 0 Å². The number of allylic oxidation sites excluding steroid dienone is 2. The molecule has 1 nitrogen and oxygen atoms in total. The Kier molecular flexibility index (Phi) is 7.15. The van der Waals surface area contributed by atoms with E-state index in [1.54, 1.807) is 7.11 Å². The highest BCUT2D eigenvalue weighted by atomic mass is 16.5. The van der Waals surface area contributed by atoms with Crippen LogP contribution in [-0.4, -0.2) is 7.11 Å². The second-order valence-corrected chi connectivity index (χ2v) is 7.94. The first-order valence-corrected chi connectivity index (χ1v) is 10.7. The lowest BCUT2D eigenvalue weighted by Gasteiger charge is -2.24. The average Bonchev–Trinajstić information content (AvgIpc) is 2.75. The topological polar surface area (TPSA) is 9.23 Å². The highest BCUT2D eigenvalue weighted by molar-refractivity contribution is 5.71. The van der Waals surface area contributed by atoms with Crippen LogP contribution in [0.3, 0.4) is 0 Å². The van der Waals surface area contributed by atoms with E-state index in [0.29, 0.717) is 0 Å². The molecule has 0 N–H and O–H groups in total. The SMILES string of the molecule is CCC(CC)CCC1CC=C(c2ccc(-c3ccc(OC)cc3)cc2)CC1. The van der Waals surface area contributed by atoms with Gasteiger partial charge in [0.2, 0.25) is 0 Å². The zero-order chi connectivity index (χ0) is 19.1. The van der Waals surface area contributed by atoms with Crippen LogP contribution in [0.2, 0.25) is 0 Å². The van der Waals surface area contributed by atoms with Crippen molar-refractivity contribution in [3.8, 4) is 16.9 Å². The number of methoxy groups -OCH3 is 1. The Morgan fingerprint density at radius 2 is 1.48 bits per heavy atom. The second-order valence-electron chi connectivity index (χ2n) is 7.94. The Morgan fingerprint density at radius 3 is 2.00 bits per heavy atom. The highest BCUT2D eigenvalue weighted by Crippen LogP contribution is 2.34. The van der Waals surface area contributed by atoms with Gasteiger partial charge in [-0.05, 0) is 71.9 Å². The molecule has 0 radical (unpaired) electrons. The van der Waals surface area contributed by atoms with Gasteiger partial charge in [0.05, 0.1) is 7.11 Å². The zero-order valence-electron chi connectivity index (χ0n) is 17.2. The van der Waals surface area contributed by atoms with Crippen LogP contribution >= 0.6 is 0 Å². The van der Waals surface area contributed by atoms with E-state index in [0.717, 1.165) is 17.6 Å². The summed E-state index contributed by atoms with van der Waals surface area (Å²) >= 11 is 0. The zero-order valence-corrected chi connectivity index (χ0v) is 17.2. The van der Waals surface area contributed by atoms with Crippen LogP contribution in [0.1, 0.15) is 64.4 Å². The van der Waals surface area contributed by atoms with Gasteiger partial charge in [-0.2, -0.15) is 0 Å². The second kappa shape index (κ2) is 9.78. The molecule has 2 aromatic carbocycles. The standard InChI is InChI=1S/C26H34O/c1-4-20(5-2)6-7-21-8-10-22(11-9-21)23-12-14-24(15-13-23)25-16-18-26(27-3)19-17-25/h10,12-21H,4-9,11H2,1-3H3. The van der Waals surface area contributed by atoms with Crippen molar-refractivity contribution in [2.24, 2.45) is 11.8 Å². The van der Waals surface area contributed by atoms with E-state index in [2.05, 4.69) is 56.3 Å².